The highest BCUT2D eigenvalue weighted by Gasteiger charge is 2.02. The van der Waals surface area contributed by atoms with E-state index in [1.54, 1.807) is 0 Å². The Balaban J connectivity index is 3.54. The Labute approximate surface area is 57.1 Å². The summed E-state index contributed by atoms with van der Waals surface area (Å²) in [6.45, 7) is 6.56. The Morgan fingerprint density at radius 2 is 2.33 bits per heavy atom. The fraction of sp³-hybridized carbons (Fsp3) is 0.714. The van der Waals surface area contributed by atoms with E-state index in [9.17, 15) is 0 Å². The highest BCUT2D eigenvalue weighted by molar-refractivity contribution is 5.00. The van der Waals surface area contributed by atoms with Gasteiger partial charge >= 0.3 is 0 Å². The van der Waals surface area contributed by atoms with Gasteiger partial charge < -0.3 is 11.1 Å². The Hall–Kier alpha value is -0.340. The van der Waals surface area contributed by atoms with E-state index in [0.717, 1.165) is 18.5 Å². The summed E-state index contributed by atoms with van der Waals surface area (Å²) in [5, 5.41) is 3.12. The van der Waals surface area contributed by atoms with E-state index in [4.69, 9.17) is 5.73 Å². The molecular formula is C7H16N2. The maximum absolute atomic E-state index is 5.36. The summed E-state index contributed by atoms with van der Waals surface area (Å²) in [6.07, 6.45) is 0.978. The third-order valence-electron chi connectivity index (χ3n) is 1.40. The molecule has 0 aromatic rings. The minimum Gasteiger partial charge on any atom is -0.330 e. The van der Waals surface area contributed by atoms with Crippen molar-refractivity contribution in [2.45, 2.75) is 19.4 Å². The summed E-state index contributed by atoms with van der Waals surface area (Å²) in [6, 6.07) is 0.398. The van der Waals surface area contributed by atoms with Gasteiger partial charge in [0.15, 0.2) is 0 Å². The maximum Gasteiger partial charge on any atom is 0.0283 e. The van der Waals surface area contributed by atoms with Crippen molar-refractivity contribution < 1.29 is 0 Å². The van der Waals surface area contributed by atoms with Crippen molar-refractivity contribution in [3.05, 3.63) is 12.2 Å². The third kappa shape index (κ3) is 3.27. The molecule has 0 radical (unpaired) electrons. The van der Waals surface area contributed by atoms with Gasteiger partial charge in [-0.05, 0) is 26.9 Å². The lowest BCUT2D eigenvalue weighted by Crippen LogP contribution is -2.28. The number of nitrogens with two attached hydrogens (primary N) is 1. The SMILES string of the molecule is C=C(C)C(CCN)NC. The number of likely N-dealkylation sites (N-methyl/N-ethyl adjacent to an activating group) is 1. The van der Waals surface area contributed by atoms with Gasteiger partial charge in [-0.3, -0.25) is 0 Å². The van der Waals surface area contributed by atoms with Gasteiger partial charge in [0.1, 0.15) is 0 Å². The van der Waals surface area contributed by atoms with Crippen LogP contribution in [0.4, 0.5) is 0 Å². The van der Waals surface area contributed by atoms with E-state index >= 15 is 0 Å². The molecule has 0 aliphatic rings. The molecule has 9 heavy (non-hydrogen) atoms. The molecule has 0 aromatic carbocycles. The van der Waals surface area contributed by atoms with Crippen LogP contribution in [0.25, 0.3) is 0 Å². The molecule has 0 aromatic heterocycles. The largest absolute Gasteiger partial charge is 0.330 e. The zero-order valence-electron chi connectivity index (χ0n) is 6.28. The smallest absolute Gasteiger partial charge is 0.0283 e. The number of nitrogens with one attached hydrogen (secondary N) is 1. The molecule has 2 nitrogen and oxygen atoms in total. The zero-order valence-corrected chi connectivity index (χ0v) is 6.28. The predicted octanol–water partition coefficient (Wildman–Crippen LogP) is 0.499. The number of hydrogen-bond donors (Lipinski definition) is 2. The molecule has 54 valence electrons. The van der Waals surface area contributed by atoms with Gasteiger partial charge in [-0.25, -0.2) is 0 Å². The van der Waals surface area contributed by atoms with Crippen molar-refractivity contribution in [1.29, 1.82) is 0 Å². The molecule has 0 fully saturated rings. The first-order valence-electron chi connectivity index (χ1n) is 3.25. The Morgan fingerprint density at radius 3 is 2.44 bits per heavy atom. The second kappa shape index (κ2) is 4.53. The van der Waals surface area contributed by atoms with Crippen molar-refractivity contribution in [2.75, 3.05) is 13.6 Å². The fourth-order valence-corrected chi connectivity index (χ4v) is 0.804. The van der Waals surface area contributed by atoms with Crippen LogP contribution in [0.3, 0.4) is 0 Å². The quantitative estimate of drug-likeness (QED) is 0.541. The van der Waals surface area contributed by atoms with E-state index in [2.05, 4.69) is 11.9 Å². The van der Waals surface area contributed by atoms with Crippen molar-refractivity contribution >= 4 is 0 Å². The lowest BCUT2D eigenvalue weighted by atomic mass is 10.1. The third-order valence-corrected chi connectivity index (χ3v) is 1.40. The second-order valence-corrected chi connectivity index (χ2v) is 2.26. The molecule has 3 N–H and O–H groups in total. The van der Waals surface area contributed by atoms with Gasteiger partial charge in [-0.15, -0.1) is 0 Å². The van der Waals surface area contributed by atoms with Crippen LogP contribution in [0.2, 0.25) is 0 Å². The van der Waals surface area contributed by atoms with E-state index in [0.29, 0.717) is 6.04 Å². The van der Waals surface area contributed by atoms with Crippen molar-refractivity contribution in [1.82, 2.24) is 5.32 Å². The van der Waals surface area contributed by atoms with Gasteiger partial charge in [-0.1, -0.05) is 12.2 Å². The molecule has 0 bridgehead atoms. The molecular weight excluding hydrogens is 112 g/mol. The number of hydrogen-bond acceptors (Lipinski definition) is 2. The molecule has 0 saturated carbocycles. The van der Waals surface area contributed by atoms with Crippen LogP contribution in [0, 0.1) is 0 Å². The molecule has 0 amide bonds. The molecule has 0 spiro atoms. The standard InChI is InChI=1S/C7H16N2/c1-6(2)7(9-3)4-5-8/h7,9H,1,4-5,8H2,2-3H3. The van der Waals surface area contributed by atoms with Crippen LogP contribution in [0.1, 0.15) is 13.3 Å². The first-order valence-corrected chi connectivity index (χ1v) is 3.25. The van der Waals surface area contributed by atoms with E-state index in [-0.39, 0.29) is 0 Å². The van der Waals surface area contributed by atoms with Gasteiger partial charge in [0, 0.05) is 6.04 Å². The molecule has 0 aliphatic heterocycles. The van der Waals surface area contributed by atoms with E-state index < -0.39 is 0 Å². The summed E-state index contributed by atoms with van der Waals surface area (Å²) in [5.74, 6) is 0. The normalized spacial score (nSPS) is 13.2. The summed E-state index contributed by atoms with van der Waals surface area (Å²) in [7, 11) is 1.93. The lowest BCUT2D eigenvalue weighted by molar-refractivity contribution is 0.596. The fourth-order valence-electron chi connectivity index (χ4n) is 0.804. The minimum absolute atomic E-state index is 0.398. The van der Waals surface area contributed by atoms with Crippen molar-refractivity contribution in [3.63, 3.8) is 0 Å². The molecule has 0 saturated heterocycles. The molecule has 2 heteroatoms. The molecule has 0 aliphatic carbocycles. The Bertz CT molecular complexity index is 88.9. The highest BCUT2D eigenvalue weighted by atomic mass is 14.9. The van der Waals surface area contributed by atoms with Crippen LogP contribution in [-0.2, 0) is 0 Å². The molecule has 1 atom stereocenters. The summed E-state index contributed by atoms with van der Waals surface area (Å²) in [4.78, 5) is 0. The summed E-state index contributed by atoms with van der Waals surface area (Å²) >= 11 is 0. The zero-order chi connectivity index (χ0) is 7.28. The van der Waals surface area contributed by atoms with Crippen LogP contribution in [0.5, 0.6) is 0 Å². The molecule has 1 unspecified atom stereocenters. The average molecular weight is 128 g/mol. The maximum atomic E-state index is 5.36. The van der Waals surface area contributed by atoms with Crippen molar-refractivity contribution in [2.24, 2.45) is 5.73 Å². The summed E-state index contributed by atoms with van der Waals surface area (Å²) in [5.41, 5.74) is 6.52. The first kappa shape index (κ1) is 8.66. The average Bonchev–Trinajstić information content (AvgIpc) is 1.82. The first-order chi connectivity index (χ1) is 4.22. The van der Waals surface area contributed by atoms with Crippen LogP contribution in [0.15, 0.2) is 12.2 Å². The van der Waals surface area contributed by atoms with E-state index in [1.165, 1.54) is 0 Å². The van der Waals surface area contributed by atoms with Gasteiger partial charge in [-0.2, -0.15) is 0 Å². The topological polar surface area (TPSA) is 38.0 Å². The molecule has 0 heterocycles. The lowest BCUT2D eigenvalue weighted by Gasteiger charge is -2.13. The predicted molar refractivity (Wildman–Crippen MR) is 41.3 cm³/mol. The van der Waals surface area contributed by atoms with Gasteiger partial charge in [0.05, 0.1) is 0 Å². The minimum atomic E-state index is 0.398. The molecule has 0 rings (SSSR count). The van der Waals surface area contributed by atoms with Crippen LogP contribution in [-0.4, -0.2) is 19.6 Å². The Morgan fingerprint density at radius 1 is 1.78 bits per heavy atom. The number of rotatable bonds is 4. The van der Waals surface area contributed by atoms with Gasteiger partial charge in [0.25, 0.3) is 0 Å². The Kier molecular flexibility index (Phi) is 4.36. The van der Waals surface area contributed by atoms with E-state index in [1.807, 2.05) is 14.0 Å². The highest BCUT2D eigenvalue weighted by Crippen LogP contribution is 1.99. The summed E-state index contributed by atoms with van der Waals surface area (Å²) < 4.78 is 0. The monoisotopic (exact) mass is 128 g/mol. The van der Waals surface area contributed by atoms with Crippen LogP contribution < -0.4 is 11.1 Å². The van der Waals surface area contributed by atoms with Gasteiger partial charge in [0.2, 0.25) is 0 Å². The van der Waals surface area contributed by atoms with Crippen LogP contribution >= 0.6 is 0 Å². The second-order valence-electron chi connectivity index (χ2n) is 2.26. The van der Waals surface area contributed by atoms with Crippen molar-refractivity contribution in [3.8, 4) is 0 Å².